The van der Waals surface area contributed by atoms with Gasteiger partial charge in [-0.15, -0.1) is 11.3 Å². The molecule has 5 heteroatoms. The Kier molecular flexibility index (Phi) is 5.31. The van der Waals surface area contributed by atoms with Gasteiger partial charge in [0.1, 0.15) is 0 Å². The predicted octanol–water partition coefficient (Wildman–Crippen LogP) is 3.54. The van der Waals surface area contributed by atoms with Crippen molar-refractivity contribution < 1.29 is 9.53 Å². The fraction of sp³-hybridized carbons (Fsp3) is 0.389. The molecule has 1 aliphatic heterocycles. The smallest absolute Gasteiger partial charge is 0.224 e. The number of benzene rings is 1. The monoisotopic (exact) mass is 330 g/mol. The Balaban J connectivity index is 1.53. The molecule has 1 fully saturated rings. The number of rotatable bonds is 5. The highest BCUT2D eigenvalue weighted by atomic mass is 32.1. The topological polar surface area (TPSA) is 41.6 Å². The average Bonchev–Trinajstić information content (AvgIpc) is 3.08. The molecular formula is C18H22N2O2S. The molecule has 0 bridgehead atoms. The van der Waals surface area contributed by atoms with Crippen LogP contribution in [-0.2, 0) is 16.0 Å². The first-order valence-corrected chi connectivity index (χ1v) is 8.87. The SMILES string of the molecule is CC1COCCN1c1ccc(NC(=O)CCc2cccs2)cc1. The molecule has 4 nitrogen and oxygen atoms in total. The van der Waals surface area contributed by atoms with Crippen LogP contribution < -0.4 is 10.2 Å². The van der Waals surface area contributed by atoms with Crippen LogP contribution in [0.25, 0.3) is 0 Å². The third kappa shape index (κ3) is 4.33. The van der Waals surface area contributed by atoms with Gasteiger partial charge in [-0.2, -0.15) is 0 Å². The molecule has 0 aliphatic carbocycles. The van der Waals surface area contributed by atoms with Crippen LogP contribution in [0, 0.1) is 0 Å². The van der Waals surface area contributed by atoms with Crippen molar-refractivity contribution in [2.45, 2.75) is 25.8 Å². The highest BCUT2D eigenvalue weighted by molar-refractivity contribution is 7.09. The summed E-state index contributed by atoms with van der Waals surface area (Å²) in [6, 6.07) is 12.5. The second-order valence-corrected chi connectivity index (χ2v) is 6.82. The van der Waals surface area contributed by atoms with Crippen LogP contribution >= 0.6 is 11.3 Å². The Hall–Kier alpha value is -1.85. The van der Waals surface area contributed by atoms with E-state index in [2.05, 4.69) is 35.3 Å². The first kappa shape index (κ1) is 16.0. The zero-order chi connectivity index (χ0) is 16.1. The number of hydrogen-bond donors (Lipinski definition) is 1. The first-order chi connectivity index (χ1) is 11.2. The standard InChI is InChI=1S/C18H22N2O2S/c1-14-13-22-11-10-20(14)16-6-4-15(5-7-16)19-18(21)9-8-17-3-2-12-23-17/h2-7,12,14H,8-11,13H2,1H3,(H,19,21). The van der Waals surface area contributed by atoms with E-state index in [0.29, 0.717) is 12.5 Å². The fourth-order valence-electron chi connectivity index (χ4n) is 2.76. The lowest BCUT2D eigenvalue weighted by Crippen LogP contribution is -2.43. The zero-order valence-electron chi connectivity index (χ0n) is 13.3. The van der Waals surface area contributed by atoms with E-state index in [4.69, 9.17) is 4.74 Å². The van der Waals surface area contributed by atoms with Crippen molar-refractivity contribution >= 4 is 28.6 Å². The van der Waals surface area contributed by atoms with Crippen molar-refractivity contribution in [2.75, 3.05) is 30.0 Å². The van der Waals surface area contributed by atoms with Crippen molar-refractivity contribution in [3.05, 3.63) is 46.7 Å². The van der Waals surface area contributed by atoms with Crippen LogP contribution in [-0.4, -0.2) is 31.7 Å². The average molecular weight is 330 g/mol. The maximum Gasteiger partial charge on any atom is 0.224 e. The van der Waals surface area contributed by atoms with Crippen molar-refractivity contribution in [1.82, 2.24) is 0 Å². The molecule has 23 heavy (non-hydrogen) atoms. The molecule has 3 rings (SSSR count). The van der Waals surface area contributed by atoms with Crippen LogP contribution in [0.3, 0.4) is 0 Å². The van der Waals surface area contributed by atoms with Crippen molar-refractivity contribution in [3.8, 4) is 0 Å². The number of carbonyl (C=O) groups excluding carboxylic acids is 1. The van der Waals surface area contributed by atoms with Gasteiger partial charge in [-0.05, 0) is 49.1 Å². The van der Waals surface area contributed by atoms with E-state index in [0.717, 1.165) is 31.9 Å². The van der Waals surface area contributed by atoms with E-state index in [1.165, 1.54) is 10.6 Å². The molecule has 1 amide bonds. The Labute approximate surface area is 141 Å². The van der Waals surface area contributed by atoms with E-state index in [9.17, 15) is 4.79 Å². The van der Waals surface area contributed by atoms with Gasteiger partial charge in [0.2, 0.25) is 5.91 Å². The molecule has 1 saturated heterocycles. The number of amides is 1. The number of morpholine rings is 1. The fourth-order valence-corrected chi connectivity index (χ4v) is 3.47. The summed E-state index contributed by atoms with van der Waals surface area (Å²) in [7, 11) is 0. The molecule has 122 valence electrons. The van der Waals surface area contributed by atoms with Crippen LogP contribution in [0.15, 0.2) is 41.8 Å². The maximum absolute atomic E-state index is 12.0. The first-order valence-electron chi connectivity index (χ1n) is 7.99. The van der Waals surface area contributed by atoms with Crippen molar-refractivity contribution in [3.63, 3.8) is 0 Å². The minimum absolute atomic E-state index is 0.0610. The number of nitrogens with one attached hydrogen (secondary N) is 1. The minimum Gasteiger partial charge on any atom is -0.377 e. The highest BCUT2D eigenvalue weighted by Gasteiger charge is 2.18. The number of carbonyl (C=O) groups is 1. The number of thiophene rings is 1. The molecule has 1 aliphatic rings. The Bertz CT molecular complexity index is 625. The van der Waals surface area contributed by atoms with E-state index < -0.39 is 0 Å². The van der Waals surface area contributed by atoms with Crippen molar-refractivity contribution in [2.24, 2.45) is 0 Å². The van der Waals surface area contributed by atoms with Crippen LogP contribution in [0.5, 0.6) is 0 Å². The van der Waals surface area contributed by atoms with Gasteiger partial charge in [-0.1, -0.05) is 6.07 Å². The summed E-state index contributed by atoms with van der Waals surface area (Å²) in [5, 5.41) is 5.01. The quantitative estimate of drug-likeness (QED) is 0.911. The van der Waals surface area contributed by atoms with Gasteiger partial charge in [0.05, 0.1) is 13.2 Å². The second-order valence-electron chi connectivity index (χ2n) is 5.79. The molecular weight excluding hydrogens is 308 g/mol. The van der Waals surface area contributed by atoms with Gasteiger partial charge in [-0.25, -0.2) is 0 Å². The van der Waals surface area contributed by atoms with Gasteiger partial charge in [0, 0.05) is 35.3 Å². The van der Waals surface area contributed by atoms with Crippen LogP contribution in [0.1, 0.15) is 18.2 Å². The van der Waals surface area contributed by atoms with Gasteiger partial charge < -0.3 is 15.0 Å². The lowest BCUT2D eigenvalue weighted by atomic mass is 10.2. The summed E-state index contributed by atoms with van der Waals surface area (Å²) in [5.41, 5.74) is 2.03. The predicted molar refractivity (Wildman–Crippen MR) is 95.3 cm³/mol. The molecule has 0 radical (unpaired) electrons. The summed E-state index contributed by atoms with van der Waals surface area (Å²) >= 11 is 1.69. The van der Waals surface area contributed by atoms with Gasteiger partial charge in [0.15, 0.2) is 0 Å². The summed E-state index contributed by atoms with van der Waals surface area (Å²) in [5.74, 6) is 0.0610. The van der Waals surface area contributed by atoms with Crippen LogP contribution in [0.4, 0.5) is 11.4 Å². The molecule has 0 saturated carbocycles. The van der Waals surface area contributed by atoms with E-state index >= 15 is 0 Å². The lowest BCUT2D eigenvalue weighted by molar-refractivity contribution is -0.116. The molecule has 1 N–H and O–H groups in total. The van der Waals surface area contributed by atoms with E-state index in [1.807, 2.05) is 23.6 Å². The zero-order valence-corrected chi connectivity index (χ0v) is 14.1. The Morgan fingerprint density at radius 2 is 2.17 bits per heavy atom. The number of nitrogens with zero attached hydrogens (tertiary/aromatic N) is 1. The Morgan fingerprint density at radius 3 is 2.87 bits per heavy atom. The molecule has 0 spiro atoms. The maximum atomic E-state index is 12.0. The van der Waals surface area contributed by atoms with Crippen LogP contribution in [0.2, 0.25) is 0 Å². The normalized spacial score (nSPS) is 18.0. The number of ether oxygens (including phenoxy) is 1. The summed E-state index contributed by atoms with van der Waals surface area (Å²) in [6.45, 7) is 4.61. The van der Waals surface area contributed by atoms with Gasteiger partial charge >= 0.3 is 0 Å². The van der Waals surface area contributed by atoms with Gasteiger partial charge in [0.25, 0.3) is 0 Å². The third-order valence-electron chi connectivity index (χ3n) is 4.03. The molecule has 2 aromatic rings. The highest BCUT2D eigenvalue weighted by Crippen LogP contribution is 2.22. The molecule has 1 aromatic heterocycles. The van der Waals surface area contributed by atoms with E-state index in [-0.39, 0.29) is 5.91 Å². The van der Waals surface area contributed by atoms with Crippen molar-refractivity contribution in [1.29, 1.82) is 0 Å². The minimum atomic E-state index is 0.0610. The summed E-state index contributed by atoms with van der Waals surface area (Å²) < 4.78 is 5.47. The molecule has 1 unspecified atom stereocenters. The number of aryl methyl sites for hydroxylation is 1. The summed E-state index contributed by atoms with van der Waals surface area (Å²) in [4.78, 5) is 15.6. The molecule has 1 atom stereocenters. The molecule has 2 heterocycles. The third-order valence-corrected chi connectivity index (χ3v) is 4.97. The summed E-state index contributed by atoms with van der Waals surface area (Å²) in [6.07, 6.45) is 1.32. The number of anilines is 2. The van der Waals surface area contributed by atoms with E-state index in [1.54, 1.807) is 11.3 Å². The van der Waals surface area contributed by atoms with Gasteiger partial charge in [-0.3, -0.25) is 4.79 Å². The molecule has 1 aromatic carbocycles. The second kappa shape index (κ2) is 7.62. The largest absolute Gasteiger partial charge is 0.377 e. The lowest BCUT2D eigenvalue weighted by Gasteiger charge is -2.35. The number of hydrogen-bond acceptors (Lipinski definition) is 4. The Morgan fingerprint density at radius 1 is 1.35 bits per heavy atom.